The maximum absolute atomic E-state index is 12.8. The molecule has 0 fully saturated rings. The molecule has 0 unspecified atom stereocenters. The molecule has 0 radical (unpaired) electrons. The van der Waals surface area contributed by atoms with Crippen LogP contribution in [0.5, 0.6) is 0 Å². The van der Waals surface area contributed by atoms with E-state index in [1.165, 1.54) is 23.5 Å². The molecule has 1 aromatic carbocycles. The average Bonchev–Trinajstić information content (AvgIpc) is 3.00. The number of carbonyl (C=O) groups is 2. The predicted molar refractivity (Wildman–Crippen MR) is 82.2 cm³/mol. The Morgan fingerprint density at radius 2 is 1.91 bits per heavy atom. The summed E-state index contributed by atoms with van der Waals surface area (Å²) in [6.07, 6.45) is 0.0402. The molecule has 1 atom stereocenters. The summed E-state index contributed by atoms with van der Waals surface area (Å²) in [5.41, 5.74) is 0.792. The van der Waals surface area contributed by atoms with Crippen LogP contribution in [0.2, 0.25) is 0 Å². The third-order valence-corrected chi connectivity index (χ3v) is 4.24. The van der Waals surface area contributed by atoms with E-state index in [2.05, 4.69) is 5.32 Å². The van der Waals surface area contributed by atoms with Crippen LogP contribution in [-0.4, -0.2) is 17.0 Å². The van der Waals surface area contributed by atoms with Crippen molar-refractivity contribution >= 4 is 23.2 Å². The summed E-state index contributed by atoms with van der Waals surface area (Å²) in [6.45, 7) is 0.295. The van der Waals surface area contributed by atoms with Crippen molar-refractivity contribution in [2.75, 3.05) is 0 Å². The fourth-order valence-electron chi connectivity index (χ4n) is 2.11. The van der Waals surface area contributed by atoms with E-state index in [4.69, 9.17) is 5.11 Å². The van der Waals surface area contributed by atoms with Crippen molar-refractivity contribution in [3.8, 4) is 0 Å². The molecule has 0 bridgehead atoms. The molecular formula is C16H16FNO3S. The minimum Gasteiger partial charge on any atom is -0.481 e. The largest absolute Gasteiger partial charge is 0.481 e. The van der Waals surface area contributed by atoms with Crippen LogP contribution in [0, 0.1) is 5.82 Å². The lowest BCUT2D eigenvalue weighted by Gasteiger charge is -2.13. The van der Waals surface area contributed by atoms with Crippen molar-refractivity contribution in [2.24, 2.45) is 0 Å². The highest BCUT2D eigenvalue weighted by Crippen LogP contribution is 2.27. The summed E-state index contributed by atoms with van der Waals surface area (Å²) in [5, 5.41) is 13.6. The van der Waals surface area contributed by atoms with Gasteiger partial charge in [-0.2, -0.15) is 0 Å². The molecule has 4 nitrogen and oxygen atoms in total. The van der Waals surface area contributed by atoms with Gasteiger partial charge < -0.3 is 10.4 Å². The van der Waals surface area contributed by atoms with Crippen molar-refractivity contribution < 1.29 is 19.1 Å². The number of rotatable bonds is 7. The summed E-state index contributed by atoms with van der Waals surface area (Å²) >= 11 is 1.45. The van der Waals surface area contributed by atoms with Crippen LogP contribution in [0.15, 0.2) is 41.8 Å². The van der Waals surface area contributed by atoms with Crippen LogP contribution in [0.4, 0.5) is 4.39 Å². The second-order valence-electron chi connectivity index (χ2n) is 4.92. The average molecular weight is 321 g/mol. The Labute approximate surface area is 131 Å². The van der Waals surface area contributed by atoms with Crippen molar-refractivity contribution in [3.63, 3.8) is 0 Å². The molecule has 2 N–H and O–H groups in total. The third-order valence-electron chi connectivity index (χ3n) is 3.20. The molecule has 0 saturated carbocycles. The molecule has 2 rings (SSSR count). The number of nitrogens with one attached hydrogen (secondary N) is 1. The van der Waals surface area contributed by atoms with Crippen LogP contribution in [0.25, 0.3) is 0 Å². The first-order valence-electron chi connectivity index (χ1n) is 6.81. The van der Waals surface area contributed by atoms with Crippen LogP contribution >= 0.6 is 11.3 Å². The molecular weight excluding hydrogens is 305 g/mol. The number of thiophene rings is 1. The highest BCUT2D eigenvalue weighted by molar-refractivity contribution is 7.10. The van der Waals surface area contributed by atoms with Gasteiger partial charge >= 0.3 is 5.97 Å². The van der Waals surface area contributed by atoms with Gasteiger partial charge in [-0.25, -0.2) is 4.39 Å². The van der Waals surface area contributed by atoms with Gasteiger partial charge in [0.25, 0.3) is 0 Å². The topological polar surface area (TPSA) is 66.4 Å². The standard InChI is InChI=1S/C16H16FNO3S/c17-13-5-3-11(4-6-13)10-18-15(19)8-12(9-16(20)21)14-2-1-7-22-14/h1-7,12H,8-10H2,(H,18,19)(H,20,21)/t12-/m0/s1. The zero-order valence-electron chi connectivity index (χ0n) is 11.8. The fourth-order valence-corrected chi connectivity index (χ4v) is 2.94. The smallest absolute Gasteiger partial charge is 0.304 e. The van der Waals surface area contributed by atoms with E-state index in [1.54, 1.807) is 12.1 Å². The number of amides is 1. The Morgan fingerprint density at radius 3 is 2.50 bits per heavy atom. The zero-order chi connectivity index (χ0) is 15.9. The molecule has 0 aliphatic carbocycles. The molecule has 116 valence electrons. The van der Waals surface area contributed by atoms with Gasteiger partial charge in [-0.1, -0.05) is 18.2 Å². The van der Waals surface area contributed by atoms with Crippen LogP contribution < -0.4 is 5.32 Å². The van der Waals surface area contributed by atoms with Crippen LogP contribution in [0.3, 0.4) is 0 Å². The van der Waals surface area contributed by atoms with E-state index < -0.39 is 5.97 Å². The number of hydrogen-bond acceptors (Lipinski definition) is 3. The second-order valence-corrected chi connectivity index (χ2v) is 5.90. The van der Waals surface area contributed by atoms with E-state index in [0.717, 1.165) is 10.4 Å². The summed E-state index contributed by atoms with van der Waals surface area (Å²) < 4.78 is 12.8. The lowest BCUT2D eigenvalue weighted by molar-refractivity contribution is -0.137. The maximum atomic E-state index is 12.8. The molecule has 0 spiro atoms. The summed E-state index contributed by atoms with van der Waals surface area (Å²) in [6, 6.07) is 9.55. The lowest BCUT2D eigenvalue weighted by atomic mass is 9.99. The van der Waals surface area contributed by atoms with Crippen molar-refractivity contribution in [2.45, 2.75) is 25.3 Å². The second kappa shape index (κ2) is 7.70. The Hall–Kier alpha value is -2.21. The van der Waals surface area contributed by atoms with E-state index >= 15 is 0 Å². The zero-order valence-corrected chi connectivity index (χ0v) is 12.6. The van der Waals surface area contributed by atoms with Gasteiger partial charge in [0, 0.05) is 23.8 Å². The Morgan fingerprint density at radius 1 is 1.18 bits per heavy atom. The molecule has 0 saturated heterocycles. The number of aliphatic carboxylic acids is 1. The highest BCUT2D eigenvalue weighted by Gasteiger charge is 2.20. The minimum absolute atomic E-state index is 0.0789. The number of benzene rings is 1. The van der Waals surface area contributed by atoms with Gasteiger partial charge in [0.1, 0.15) is 5.82 Å². The van der Waals surface area contributed by atoms with Crippen LogP contribution in [-0.2, 0) is 16.1 Å². The first-order valence-corrected chi connectivity index (χ1v) is 7.69. The van der Waals surface area contributed by atoms with Gasteiger partial charge in [-0.15, -0.1) is 11.3 Å². The number of carboxylic acids is 1. The Bertz CT molecular complexity index is 625. The van der Waals surface area contributed by atoms with Crippen LogP contribution in [0.1, 0.15) is 29.2 Å². The van der Waals surface area contributed by atoms with Crippen molar-refractivity contribution in [1.82, 2.24) is 5.32 Å². The van der Waals surface area contributed by atoms with E-state index in [9.17, 15) is 14.0 Å². The maximum Gasteiger partial charge on any atom is 0.304 e. The van der Waals surface area contributed by atoms with E-state index in [-0.39, 0.29) is 30.5 Å². The van der Waals surface area contributed by atoms with Gasteiger partial charge in [0.05, 0.1) is 6.42 Å². The molecule has 0 aliphatic rings. The molecule has 0 aliphatic heterocycles. The predicted octanol–water partition coefficient (Wildman–Crippen LogP) is 3.15. The molecule has 1 heterocycles. The first-order chi connectivity index (χ1) is 10.5. The quantitative estimate of drug-likeness (QED) is 0.823. The number of hydrogen-bond donors (Lipinski definition) is 2. The van der Waals surface area contributed by atoms with Crippen molar-refractivity contribution in [3.05, 3.63) is 58.0 Å². The van der Waals surface area contributed by atoms with E-state index in [0.29, 0.717) is 6.54 Å². The van der Waals surface area contributed by atoms with Gasteiger partial charge in [-0.3, -0.25) is 9.59 Å². The molecule has 2 aromatic rings. The monoisotopic (exact) mass is 321 g/mol. The highest BCUT2D eigenvalue weighted by atomic mass is 32.1. The third kappa shape index (κ3) is 4.96. The van der Waals surface area contributed by atoms with Crippen molar-refractivity contribution in [1.29, 1.82) is 0 Å². The fraction of sp³-hybridized carbons (Fsp3) is 0.250. The first kappa shape index (κ1) is 16.2. The normalized spacial score (nSPS) is 11.9. The summed E-state index contributed by atoms with van der Waals surface area (Å²) in [5.74, 6) is -1.80. The number of carbonyl (C=O) groups excluding carboxylic acids is 1. The summed E-state index contributed by atoms with van der Waals surface area (Å²) in [4.78, 5) is 23.8. The van der Waals surface area contributed by atoms with Gasteiger partial charge in [-0.05, 0) is 29.1 Å². The van der Waals surface area contributed by atoms with Gasteiger partial charge in [0.2, 0.25) is 5.91 Å². The molecule has 6 heteroatoms. The molecule has 1 amide bonds. The number of carboxylic acid groups (broad SMARTS) is 1. The SMILES string of the molecule is O=C(O)C[C@H](CC(=O)NCc1ccc(F)cc1)c1cccs1. The number of halogens is 1. The Kier molecular flexibility index (Phi) is 5.66. The van der Waals surface area contributed by atoms with E-state index in [1.807, 2.05) is 17.5 Å². The molecule has 22 heavy (non-hydrogen) atoms. The lowest BCUT2D eigenvalue weighted by Crippen LogP contribution is -2.25. The van der Waals surface area contributed by atoms with Gasteiger partial charge in [0.15, 0.2) is 0 Å². The summed E-state index contributed by atoms with van der Waals surface area (Å²) in [7, 11) is 0. The Balaban J connectivity index is 1.90. The minimum atomic E-state index is -0.926. The molecule has 1 aromatic heterocycles.